The molecule has 1 saturated heterocycles. The summed E-state index contributed by atoms with van der Waals surface area (Å²) in [6.07, 6.45) is -2.71. The normalized spacial score (nSPS) is 16.0. The van der Waals surface area contributed by atoms with Crippen LogP contribution in [0.2, 0.25) is 0 Å². The number of guanidine groups is 2. The number of nitrogens with zero attached hydrogens (tertiary/aromatic N) is 3. The first-order valence-electron chi connectivity index (χ1n) is 6.67. The van der Waals surface area contributed by atoms with Gasteiger partial charge in [0.05, 0.1) is 11.3 Å². The summed E-state index contributed by atoms with van der Waals surface area (Å²) in [5.74, 6) is -0.618. The minimum atomic E-state index is -4.48. The van der Waals surface area contributed by atoms with Gasteiger partial charge in [0.1, 0.15) is 0 Å². The molecule has 0 unspecified atom stereocenters. The molecule has 22 heavy (non-hydrogen) atoms. The van der Waals surface area contributed by atoms with Crippen molar-refractivity contribution in [2.24, 2.45) is 27.2 Å². The molecule has 6 nitrogen and oxygen atoms in total. The molecule has 0 amide bonds. The summed E-state index contributed by atoms with van der Waals surface area (Å²) in [4.78, 5) is 8.96. The van der Waals surface area contributed by atoms with Gasteiger partial charge in [-0.2, -0.15) is 18.2 Å². The maximum Gasteiger partial charge on any atom is 0.418 e. The van der Waals surface area contributed by atoms with Gasteiger partial charge >= 0.3 is 6.18 Å². The molecule has 0 atom stereocenters. The van der Waals surface area contributed by atoms with Gasteiger partial charge < -0.3 is 22.1 Å². The van der Waals surface area contributed by atoms with E-state index in [9.17, 15) is 13.2 Å². The minimum Gasteiger partial charge on any atom is -0.371 e. The Morgan fingerprint density at radius 1 is 1.09 bits per heavy atom. The van der Waals surface area contributed by atoms with Crippen LogP contribution in [0.1, 0.15) is 18.4 Å². The van der Waals surface area contributed by atoms with E-state index >= 15 is 0 Å². The quantitative estimate of drug-likeness (QED) is 0.568. The summed E-state index contributed by atoms with van der Waals surface area (Å²) in [7, 11) is 0. The number of nitrogens with two attached hydrogens (primary N) is 3. The molecule has 0 spiro atoms. The van der Waals surface area contributed by atoms with Gasteiger partial charge in [0, 0.05) is 18.8 Å². The lowest BCUT2D eigenvalue weighted by Crippen LogP contribution is -2.26. The zero-order valence-corrected chi connectivity index (χ0v) is 11.8. The maximum absolute atomic E-state index is 13.3. The van der Waals surface area contributed by atoms with E-state index in [1.54, 1.807) is 4.90 Å². The van der Waals surface area contributed by atoms with E-state index in [4.69, 9.17) is 17.2 Å². The van der Waals surface area contributed by atoms with E-state index in [0.717, 1.165) is 18.9 Å². The van der Waals surface area contributed by atoms with Crippen molar-refractivity contribution in [3.63, 3.8) is 0 Å². The third-order valence-electron chi connectivity index (χ3n) is 3.22. The molecule has 120 valence electrons. The predicted molar refractivity (Wildman–Crippen MR) is 80.0 cm³/mol. The van der Waals surface area contributed by atoms with Crippen LogP contribution >= 0.6 is 0 Å². The Labute approximate surface area is 125 Å². The highest BCUT2D eigenvalue weighted by Gasteiger charge is 2.35. The zero-order valence-electron chi connectivity index (χ0n) is 11.8. The van der Waals surface area contributed by atoms with E-state index in [0.29, 0.717) is 13.1 Å². The molecule has 2 rings (SSSR count). The number of rotatable bonds is 2. The van der Waals surface area contributed by atoms with Gasteiger partial charge in [0.25, 0.3) is 0 Å². The van der Waals surface area contributed by atoms with E-state index in [-0.39, 0.29) is 23.3 Å². The first kappa shape index (κ1) is 15.9. The fourth-order valence-electron chi connectivity index (χ4n) is 2.34. The lowest BCUT2D eigenvalue weighted by atomic mass is 10.1. The number of aliphatic imine (C=N–C) groups is 2. The Hall–Kier alpha value is -2.45. The van der Waals surface area contributed by atoms with Gasteiger partial charge in [-0.1, -0.05) is 0 Å². The van der Waals surface area contributed by atoms with Gasteiger partial charge in [0.15, 0.2) is 5.96 Å². The lowest BCUT2D eigenvalue weighted by Gasteiger charge is -2.22. The first-order valence-corrected chi connectivity index (χ1v) is 6.67. The standard InChI is InChI=1S/C13H17F3N6/c14-13(15,16)9-7-8(20-12(19)21-11(17)18)3-4-10(9)22-5-1-2-6-22/h3-4,7H,1-2,5-6H2,(H6,17,18,19,20,21). The van der Waals surface area contributed by atoms with Crippen LogP contribution in [0.15, 0.2) is 28.2 Å². The van der Waals surface area contributed by atoms with Gasteiger partial charge in [-0.3, -0.25) is 0 Å². The largest absolute Gasteiger partial charge is 0.418 e. The maximum atomic E-state index is 13.3. The van der Waals surface area contributed by atoms with E-state index < -0.39 is 11.7 Å². The summed E-state index contributed by atoms with van der Waals surface area (Å²) in [6.45, 7) is 1.23. The molecular weight excluding hydrogens is 297 g/mol. The summed E-state index contributed by atoms with van der Waals surface area (Å²) in [6, 6.07) is 3.80. The molecule has 1 fully saturated rings. The number of benzene rings is 1. The van der Waals surface area contributed by atoms with Crippen molar-refractivity contribution in [2.45, 2.75) is 19.0 Å². The van der Waals surface area contributed by atoms with Crippen molar-refractivity contribution < 1.29 is 13.2 Å². The van der Waals surface area contributed by atoms with Crippen LogP contribution in [-0.2, 0) is 6.18 Å². The molecule has 1 heterocycles. The molecule has 1 aliphatic rings. The van der Waals surface area contributed by atoms with Crippen LogP contribution in [0.5, 0.6) is 0 Å². The van der Waals surface area contributed by atoms with Crippen LogP contribution in [0.3, 0.4) is 0 Å². The fraction of sp³-hybridized carbons (Fsp3) is 0.385. The monoisotopic (exact) mass is 314 g/mol. The molecule has 0 aliphatic carbocycles. The van der Waals surface area contributed by atoms with Crippen molar-refractivity contribution in [1.82, 2.24) is 0 Å². The predicted octanol–water partition coefficient (Wildman–Crippen LogP) is 1.53. The molecule has 1 aromatic carbocycles. The second-order valence-corrected chi connectivity index (χ2v) is 4.90. The van der Waals surface area contributed by atoms with Crippen molar-refractivity contribution >= 4 is 23.3 Å². The van der Waals surface area contributed by atoms with Gasteiger partial charge in [-0.05, 0) is 31.0 Å². The number of alkyl halides is 3. The number of halogens is 3. The zero-order chi connectivity index (χ0) is 16.3. The van der Waals surface area contributed by atoms with Gasteiger partial charge in [-0.25, -0.2) is 4.99 Å². The highest BCUT2D eigenvalue weighted by molar-refractivity contribution is 5.93. The van der Waals surface area contributed by atoms with Crippen LogP contribution in [0, 0.1) is 0 Å². The summed E-state index contributed by atoms with van der Waals surface area (Å²) < 4.78 is 39.8. The second-order valence-electron chi connectivity index (χ2n) is 4.90. The van der Waals surface area contributed by atoms with Crippen molar-refractivity contribution in [3.05, 3.63) is 23.8 Å². The average Bonchev–Trinajstić information content (AvgIpc) is 2.90. The molecule has 0 aromatic heterocycles. The Kier molecular flexibility index (Phi) is 4.43. The Balaban J connectivity index is 2.42. The highest BCUT2D eigenvalue weighted by Crippen LogP contribution is 2.39. The molecule has 1 aliphatic heterocycles. The second kappa shape index (κ2) is 6.12. The third-order valence-corrected chi connectivity index (χ3v) is 3.22. The Morgan fingerprint density at radius 2 is 1.73 bits per heavy atom. The summed E-state index contributed by atoms with van der Waals surface area (Å²) >= 11 is 0. The first-order chi connectivity index (χ1) is 10.3. The molecule has 1 aromatic rings. The molecule has 6 N–H and O–H groups in total. The molecular formula is C13H17F3N6. The number of anilines is 1. The molecule has 0 bridgehead atoms. The minimum absolute atomic E-state index is 0.0396. The Morgan fingerprint density at radius 3 is 2.27 bits per heavy atom. The van der Waals surface area contributed by atoms with E-state index in [1.807, 2.05) is 0 Å². The van der Waals surface area contributed by atoms with Crippen LogP contribution in [0.25, 0.3) is 0 Å². The summed E-state index contributed by atoms with van der Waals surface area (Å²) in [5, 5.41) is 0. The number of hydrogen-bond acceptors (Lipinski definition) is 2. The van der Waals surface area contributed by atoms with Crippen molar-refractivity contribution in [2.75, 3.05) is 18.0 Å². The van der Waals surface area contributed by atoms with Crippen molar-refractivity contribution in [3.8, 4) is 0 Å². The topological polar surface area (TPSA) is 106 Å². The smallest absolute Gasteiger partial charge is 0.371 e. The third kappa shape index (κ3) is 3.80. The highest BCUT2D eigenvalue weighted by atomic mass is 19.4. The average molecular weight is 314 g/mol. The van der Waals surface area contributed by atoms with Gasteiger partial charge in [-0.15, -0.1) is 0 Å². The molecule has 0 saturated carbocycles. The summed E-state index contributed by atoms with van der Waals surface area (Å²) in [5.41, 5.74) is 15.2. The SMILES string of the molecule is NC(N)=NC(N)=Nc1ccc(N2CCCC2)c(C(F)(F)F)c1. The number of hydrogen-bond donors (Lipinski definition) is 3. The van der Waals surface area contributed by atoms with Gasteiger partial charge in [0.2, 0.25) is 5.96 Å². The van der Waals surface area contributed by atoms with E-state index in [2.05, 4.69) is 9.98 Å². The van der Waals surface area contributed by atoms with Crippen LogP contribution in [0.4, 0.5) is 24.5 Å². The molecule has 9 heteroatoms. The van der Waals surface area contributed by atoms with Crippen molar-refractivity contribution in [1.29, 1.82) is 0 Å². The fourth-order valence-corrected chi connectivity index (χ4v) is 2.34. The van der Waals surface area contributed by atoms with Crippen LogP contribution in [-0.4, -0.2) is 25.0 Å². The van der Waals surface area contributed by atoms with Crippen LogP contribution < -0.4 is 22.1 Å². The Bertz CT molecular complexity index is 598. The lowest BCUT2D eigenvalue weighted by molar-refractivity contribution is -0.137. The van der Waals surface area contributed by atoms with E-state index in [1.165, 1.54) is 12.1 Å². The molecule has 0 radical (unpaired) electrons.